The van der Waals surface area contributed by atoms with E-state index in [0.717, 1.165) is 11.3 Å². The molecule has 5 heteroatoms. The third-order valence-corrected chi connectivity index (χ3v) is 6.42. The van der Waals surface area contributed by atoms with Crippen LogP contribution in [0, 0.1) is 0 Å². The van der Waals surface area contributed by atoms with Crippen molar-refractivity contribution in [2.75, 3.05) is 6.54 Å². The number of nitrogens with zero attached hydrogens (tertiary/aromatic N) is 2. The van der Waals surface area contributed by atoms with E-state index in [1.54, 1.807) is 16.4 Å². The SMILES string of the molecule is CC(C)c1ccc(S(=O)(=O)N2CCn3cccc3C2C)cc1. The Balaban J connectivity index is 1.93. The summed E-state index contributed by atoms with van der Waals surface area (Å²) >= 11 is 0. The van der Waals surface area contributed by atoms with Crippen LogP contribution in [0.2, 0.25) is 0 Å². The van der Waals surface area contributed by atoms with Crippen molar-refractivity contribution in [2.45, 2.75) is 44.2 Å². The van der Waals surface area contributed by atoms with Crippen LogP contribution in [-0.4, -0.2) is 23.8 Å². The van der Waals surface area contributed by atoms with Gasteiger partial charge in [0.2, 0.25) is 10.0 Å². The Labute approximate surface area is 132 Å². The number of aromatic nitrogens is 1. The topological polar surface area (TPSA) is 42.3 Å². The van der Waals surface area contributed by atoms with Crippen molar-refractivity contribution < 1.29 is 8.42 Å². The largest absolute Gasteiger partial charge is 0.349 e. The van der Waals surface area contributed by atoms with Gasteiger partial charge in [0.1, 0.15) is 0 Å². The molecule has 2 aromatic rings. The predicted molar refractivity (Wildman–Crippen MR) is 87.3 cm³/mol. The van der Waals surface area contributed by atoms with Gasteiger partial charge in [-0.1, -0.05) is 26.0 Å². The Morgan fingerprint density at radius 1 is 1.09 bits per heavy atom. The smallest absolute Gasteiger partial charge is 0.243 e. The minimum absolute atomic E-state index is 0.140. The van der Waals surface area contributed by atoms with Crippen molar-refractivity contribution >= 4 is 10.0 Å². The monoisotopic (exact) mass is 318 g/mol. The molecule has 1 atom stereocenters. The molecule has 2 heterocycles. The van der Waals surface area contributed by atoms with Gasteiger partial charge in [0, 0.05) is 25.0 Å². The van der Waals surface area contributed by atoms with Crippen molar-refractivity contribution in [3.05, 3.63) is 53.9 Å². The van der Waals surface area contributed by atoms with E-state index in [2.05, 4.69) is 18.4 Å². The molecule has 1 aliphatic rings. The number of benzene rings is 1. The average molecular weight is 318 g/mol. The van der Waals surface area contributed by atoms with Gasteiger partial charge in [-0.15, -0.1) is 0 Å². The first-order chi connectivity index (χ1) is 10.4. The summed E-state index contributed by atoms with van der Waals surface area (Å²) in [5.74, 6) is 0.397. The van der Waals surface area contributed by atoms with Crippen LogP contribution in [0.5, 0.6) is 0 Å². The summed E-state index contributed by atoms with van der Waals surface area (Å²) in [6.07, 6.45) is 2.01. The second-order valence-electron chi connectivity index (χ2n) is 6.14. The maximum absolute atomic E-state index is 12.9. The van der Waals surface area contributed by atoms with Crippen LogP contribution in [0.3, 0.4) is 0 Å². The highest BCUT2D eigenvalue weighted by molar-refractivity contribution is 7.89. The second kappa shape index (κ2) is 5.56. The molecular formula is C17H22N2O2S. The summed E-state index contributed by atoms with van der Waals surface area (Å²) in [4.78, 5) is 0.378. The summed E-state index contributed by atoms with van der Waals surface area (Å²) < 4.78 is 29.6. The maximum Gasteiger partial charge on any atom is 0.243 e. The van der Waals surface area contributed by atoms with Gasteiger partial charge < -0.3 is 4.57 Å². The molecule has 1 aromatic carbocycles. The molecule has 22 heavy (non-hydrogen) atoms. The Hall–Kier alpha value is -1.59. The molecule has 0 fully saturated rings. The van der Waals surface area contributed by atoms with E-state index in [-0.39, 0.29) is 6.04 Å². The zero-order chi connectivity index (χ0) is 15.9. The van der Waals surface area contributed by atoms with Gasteiger partial charge in [-0.2, -0.15) is 4.31 Å². The highest BCUT2D eigenvalue weighted by atomic mass is 32.2. The Morgan fingerprint density at radius 3 is 2.41 bits per heavy atom. The highest BCUT2D eigenvalue weighted by Crippen LogP contribution is 2.31. The lowest BCUT2D eigenvalue weighted by Crippen LogP contribution is -2.40. The van der Waals surface area contributed by atoms with Gasteiger partial charge in [0.25, 0.3) is 0 Å². The first kappa shape index (κ1) is 15.3. The molecule has 3 rings (SSSR count). The Kier molecular flexibility index (Phi) is 3.87. The van der Waals surface area contributed by atoms with Gasteiger partial charge in [-0.3, -0.25) is 0 Å². The number of sulfonamides is 1. The predicted octanol–water partition coefficient (Wildman–Crippen LogP) is 3.38. The van der Waals surface area contributed by atoms with Crippen LogP contribution < -0.4 is 0 Å². The Morgan fingerprint density at radius 2 is 1.77 bits per heavy atom. The van der Waals surface area contributed by atoms with E-state index in [1.807, 2.05) is 37.4 Å². The fraction of sp³-hybridized carbons (Fsp3) is 0.412. The lowest BCUT2D eigenvalue weighted by atomic mass is 10.0. The van der Waals surface area contributed by atoms with Gasteiger partial charge in [-0.25, -0.2) is 8.42 Å². The van der Waals surface area contributed by atoms with Crippen LogP contribution >= 0.6 is 0 Å². The highest BCUT2D eigenvalue weighted by Gasteiger charge is 2.33. The molecule has 1 unspecified atom stereocenters. The van der Waals surface area contributed by atoms with Crippen LogP contribution in [-0.2, 0) is 16.6 Å². The van der Waals surface area contributed by atoms with Crippen LogP contribution in [0.1, 0.15) is 44.0 Å². The quantitative estimate of drug-likeness (QED) is 0.870. The minimum Gasteiger partial charge on any atom is -0.349 e. The molecule has 0 radical (unpaired) electrons. The maximum atomic E-state index is 12.9. The van der Waals surface area contributed by atoms with E-state index < -0.39 is 10.0 Å². The summed E-state index contributed by atoms with van der Waals surface area (Å²) in [5, 5.41) is 0. The zero-order valence-electron chi connectivity index (χ0n) is 13.2. The lowest BCUT2D eigenvalue weighted by Gasteiger charge is -2.33. The molecule has 0 saturated carbocycles. The molecule has 0 saturated heterocycles. The summed E-state index contributed by atoms with van der Waals surface area (Å²) in [5.41, 5.74) is 2.20. The van der Waals surface area contributed by atoms with Crippen molar-refractivity contribution in [2.24, 2.45) is 0 Å². The van der Waals surface area contributed by atoms with Gasteiger partial charge >= 0.3 is 0 Å². The third kappa shape index (κ3) is 2.48. The summed E-state index contributed by atoms with van der Waals surface area (Å²) in [6.45, 7) is 7.37. The summed E-state index contributed by atoms with van der Waals surface area (Å²) in [6, 6.07) is 11.1. The molecule has 0 N–H and O–H groups in total. The van der Waals surface area contributed by atoms with E-state index in [0.29, 0.717) is 23.9 Å². The van der Waals surface area contributed by atoms with E-state index >= 15 is 0 Å². The molecule has 1 aromatic heterocycles. The first-order valence-corrected chi connectivity index (χ1v) is 9.12. The van der Waals surface area contributed by atoms with E-state index in [4.69, 9.17) is 0 Å². The van der Waals surface area contributed by atoms with Crippen LogP contribution in [0.15, 0.2) is 47.5 Å². The molecule has 0 spiro atoms. The standard InChI is InChI=1S/C17H22N2O2S/c1-13(2)15-6-8-16(9-7-15)22(20,21)19-12-11-18-10-4-5-17(18)14(19)3/h4-10,13-14H,11-12H2,1-3H3. The van der Waals surface area contributed by atoms with E-state index in [1.165, 1.54) is 0 Å². The number of fused-ring (bicyclic) bond motifs is 1. The molecule has 0 aliphatic carbocycles. The molecule has 1 aliphatic heterocycles. The van der Waals surface area contributed by atoms with Crippen molar-refractivity contribution in [3.63, 3.8) is 0 Å². The average Bonchev–Trinajstić information content (AvgIpc) is 2.97. The second-order valence-corrected chi connectivity index (χ2v) is 8.03. The molecule has 118 valence electrons. The van der Waals surface area contributed by atoms with Gasteiger partial charge in [0.15, 0.2) is 0 Å². The fourth-order valence-electron chi connectivity index (χ4n) is 3.05. The van der Waals surface area contributed by atoms with E-state index in [9.17, 15) is 8.42 Å². The van der Waals surface area contributed by atoms with Crippen molar-refractivity contribution in [3.8, 4) is 0 Å². The summed E-state index contributed by atoms with van der Waals surface area (Å²) in [7, 11) is -3.45. The van der Waals surface area contributed by atoms with Crippen LogP contribution in [0.25, 0.3) is 0 Å². The van der Waals surface area contributed by atoms with Crippen molar-refractivity contribution in [1.82, 2.24) is 8.87 Å². The third-order valence-electron chi connectivity index (χ3n) is 4.44. The first-order valence-electron chi connectivity index (χ1n) is 7.68. The molecule has 0 amide bonds. The molecule has 4 nitrogen and oxygen atoms in total. The number of hydrogen-bond acceptors (Lipinski definition) is 2. The van der Waals surface area contributed by atoms with Gasteiger partial charge in [0.05, 0.1) is 10.9 Å². The van der Waals surface area contributed by atoms with Crippen LogP contribution in [0.4, 0.5) is 0 Å². The number of rotatable bonds is 3. The molecular weight excluding hydrogens is 296 g/mol. The fourth-order valence-corrected chi connectivity index (χ4v) is 4.64. The zero-order valence-corrected chi connectivity index (χ0v) is 14.0. The van der Waals surface area contributed by atoms with Gasteiger partial charge in [-0.05, 0) is 42.7 Å². The number of hydrogen-bond donors (Lipinski definition) is 0. The lowest BCUT2D eigenvalue weighted by molar-refractivity contribution is 0.282. The Bertz CT molecular complexity index is 760. The normalized spacial score (nSPS) is 19.4. The minimum atomic E-state index is -3.45. The van der Waals surface area contributed by atoms with Crippen molar-refractivity contribution in [1.29, 1.82) is 0 Å². The molecule has 0 bridgehead atoms.